The lowest BCUT2D eigenvalue weighted by atomic mass is 10.00. The summed E-state index contributed by atoms with van der Waals surface area (Å²) < 4.78 is 27.6. The molecule has 0 radical (unpaired) electrons. The first-order chi connectivity index (χ1) is 8.46. The van der Waals surface area contributed by atoms with Gasteiger partial charge in [-0.1, -0.05) is 0 Å². The monoisotopic (exact) mass is 274 g/mol. The molecule has 0 amide bonds. The molecule has 2 rings (SSSR count). The van der Waals surface area contributed by atoms with E-state index in [4.69, 9.17) is 10.8 Å². The Balaban J connectivity index is 2.23. The van der Waals surface area contributed by atoms with Crippen molar-refractivity contribution in [3.63, 3.8) is 0 Å². The third-order valence-corrected chi connectivity index (χ3v) is 5.36. The van der Waals surface area contributed by atoms with Crippen molar-refractivity contribution in [2.24, 2.45) is 13.0 Å². The minimum Gasteiger partial charge on any atom is -0.396 e. The van der Waals surface area contributed by atoms with E-state index in [0.29, 0.717) is 25.9 Å². The van der Waals surface area contributed by atoms with Crippen LogP contribution in [0.3, 0.4) is 0 Å². The smallest absolute Gasteiger partial charge is 0.262 e. The number of sulfonamides is 1. The fourth-order valence-electron chi connectivity index (χ4n) is 2.21. The number of nitrogens with zero attached hydrogens (tertiary/aromatic N) is 3. The van der Waals surface area contributed by atoms with E-state index >= 15 is 0 Å². The molecule has 1 aliphatic heterocycles. The normalized spacial score (nSPS) is 19.2. The van der Waals surface area contributed by atoms with Gasteiger partial charge in [0.2, 0.25) is 0 Å². The zero-order valence-corrected chi connectivity index (χ0v) is 11.1. The molecule has 8 heteroatoms. The first-order valence-electron chi connectivity index (χ1n) is 5.84. The predicted molar refractivity (Wildman–Crippen MR) is 66.2 cm³/mol. The first-order valence-corrected chi connectivity index (χ1v) is 7.28. The van der Waals surface area contributed by atoms with Crippen LogP contribution in [0.2, 0.25) is 0 Å². The Hall–Kier alpha value is -1.12. The summed E-state index contributed by atoms with van der Waals surface area (Å²) in [7, 11) is -1.98. The number of hydrogen-bond acceptors (Lipinski definition) is 5. The number of nitrogens with two attached hydrogens (primary N) is 1. The van der Waals surface area contributed by atoms with Crippen molar-refractivity contribution >= 4 is 15.8 Å². The number of imidazole rings is 1. The van der Waals surface area contributed by atoms with Crippen molar-refractivity contribution in [3.05, 3.63) is 6.33 Å². The van der Waals surface area contributed by atoms with Gasteiger partial charge in [0.1, 0.15) is 0 Å². The van der Waals surface area contributed by atoms with E-state index < -0.39 is 10.0 Å². The second-order valence-electron chi connectivity index (χ2n) is 4.58. The van der Waals surface area contributed by atoms with Crippen LogP contribution in [0.1, 0.15) is 12.8 Å². The van der Waals surface area contributed by atoms with Crippen LogP contribution in [0.15, 0.2) is 11.4 Å². The standard InChI is InChI=1S/C10H18N4O3S/c1-13-7-12-9(11)10(13)18(16,17)14-4-2-8(6-15)3-5-14/h7-8,15H,2-6,11H2,1H3. The molecule has 0 aromatic carbocycles. The number of piperidine rings is 1. The number of aliphatic hydroxyl groups excluding tert-OH is 1. The molecule has 1 saturated heterocycles. The molecule has 0 atom stereocenters. The summed E-state index contributed by atoms with van der Waals surface area (Å²) in [6.07, 6.45) is 2.74. The fourth-order valence-corrected chi connectivity index (χ4v) is 3.87. The lowest BCUT2D eigenvalue weighted by Crippen LogP contribution is -2.40. The van der Waals surface area contributed by atoms with Crippen molar-refractivity contribution < 1.29 is 13.5 Å². The average Bonchev–Trinajstić information content (AvgIpc) is 2.69. The van der Waals surface area contributed by atoms with Crippen molar-refractivity contribution in [1.29, 1.82) is 0 Å². The molecule has 1 aliphatic rings. The van der Waals surface area contributed by atoms with Crippen LogP contribution in [0.25, 0.3) is 0 Å². The van der Waals surface area contributed by atoms with Gasteiger partial charge in [0, 0.05) is 26.7 Å². The Kier molecular flexibility index (Phi) is 3.60. The van der Waals surface area contributed by atoms with E-state index in [0.717, 1.165) is 0 Å². The molecule has 1 fully saturated rings. The molecule has 0 spiro atoms. The molecule has 7 nitrogen and oxygen atoms in total. The topological polar surface area (TPSA) is 101 Å². The van der Waals surface area contributed by atoms with Gasteiger partial charge >= 0.3 is 0 Å². The highest BCUT2D eigenvalue weighted by atomic mass is 32.2. The molecule has 3 N–H and O–H groups in total. The fraction of sp³-hybridized carbons (Fsp3) is 0.700. The predicted octanol–water partition coefficient (Wildman–Crippen LogP) is -0.605. The van der Waals surface area contributed by atoms with Gasteiger partial charge in [0.05, 0.1) is 6.33 Å². The number of nitrogen functional groups attached to an aromatic ring is 1. The van der Waals surface area contributed by atoms with Crippen molar-refractivity contribution in [2.45, 2.75) is 17.9 Å². The van der Waals surface area contributed by atoms with E-state index in [2.05, 4.69) is 4.98 Å². The van der Waals surface area contributed by atoms with E-state index in [1.54, 1.807) is 7.05 Å². The van der Waals surface area contributed by atoms with Crippen molar-refractivity contribution in [3.8, 4) is 0 Å². The lowest BCUT2D eigenvalue weighted by Gasteiger charge is -2.30. The average molecular weight is 274 g/mol. The van der Waals surface area contributed by atoms with Gasteiger partial charge in [0.25, 0.3) is 10.0 Å². The molecule has 0 bridgehead atoms. The van der Waals surface area contributed by atoms with Crippen LogP contribution >= 0.6 is 0 Å². The highest BCUT2D eigenvalue weighted by Gasteiger charge is 2.32. The highest BCUT2D eigenvalue weighted by Crippen LogP contribution is 2.25. The zero-order valence-electron chi connectivity index (χ0n) is 10.3. The summed E-state index contributed by atoms with van der Waals surface area (Å²) in [5, 5.41) is 9.10. The molecule has 1 aromatic rings. The minimum atomic E-state index is -3.58. The van der Waals surface area contributed by atoms with Crippen LogP contribution in [0.4, 0.5) is 5.82 Å². The Labute approximate surface area is 106 Å². The van der Waals surface area contributed by atoms with Crippen LogP contribution in [0, 0.1) is 5.92 Å². The van der Waals surface area contributed by atoms with Gasteiger partial charge < -0.3 is 15.4 Å². The van der Waals surface area contributed by atoms with Crippen LogP contribution in [0.5, 0.6) is 0 Å². The molecule has 0 saturated carbocycles. The number of hydrogen-bond donors (Lipinski definition) is 2. The number of rotatable bonds is 3. The maximum Gasteiger partial charge on any atom is 0.262 e. The molecular formula is C10H18N4O3S. The summed E-state index contributed by atoms with van der Waals surface area (Å²) in [6, 6.07) is 0. The maximum absolute atomic E-state index is 12.4. The molecular weight excluding hydrogens is 256 g/mol. The van der Waals surface area contributed by atoms with Gasteiger partial charge in [0.15, 0.2) is 10.8 Å². The zero-order chi connectivity index (χ0) is 13.3. The van der Waals surface area contributed by atoms with E-state index in [1.165, 1.54) is 15.2 Å². The number of anilines is 1. The summed E-state index contributed by atoms with van der Waals surface area (Å²) in [5.41, 5.74) is 5.61. The van der Waals surface area contributed by atoms with Gasteiger partial charge in [-0.3, -0.25) is 0 Å². The first kappa shape index (κ1) is 13.3. The highest BCUT2D eigenvalue weighted by molar-refractivity contribution is 7.89. The summed E-state index contributed by atoms with van der Waals surface area (Å²) >= 11 is 0. The largest absolute Gasteiger partial charge is 0.396 e. The number of aliphatic hydroxyl groups is 1. The number of aryl methyl sites for hydroxylation is 1. The molecule has 102 valence electrons. The second-order valence-corrected chi connectivity index (χ2v) is 6.43. The summed E-state index contributed by atoms with van der Waals surface area (Å²) in [5.74, 6) is 0.224. The molecule has 0 unspecified atom stereocenters. The molecule has 18 heavy (non-hydrogen) atoms. The second kappa shape index (κ2) is 4.87. The maximum atomic E-state index is 12.4. The molecule has 2 heterocycles. The van der Waals surface area contributed by atoms with Gasteiger partial charge in [-0.25, -0.2) is 13.4 Å². The van der Waals surface area contributed by atoms with Crippen LogP contribution in [-0.4, -0.2) is 47.1 Å². The van der Waals surface area contributed by atoms with E-state index in [-0.39, 0.29) is 23.4 Å². The lowest BCUT2D eigenvalue weighted by molar-refractivity contribution is 0.170. The van der Waals surface area contributed by atoms with Crippen LogP contribution in [-0.2, 0) is 17.1 Å². The Morgan fingerprint density at radius 3 is 2.56 bits per heavy atom. The third kappa shape index (κ3) is 2.23. The summed E-state index contributed by atoms with van der Waals surface area (Å²) in [4.78, 5) is 3.80. The van der Waals surface area contributed by atoms with Gasteiger partial charge in [-0.2, -0.15) is 4.31 Å². The molecule has 0 aliphatic carbocycles. The van der Waals surface area contributed by atoms with Gasteiger partial charge in [-0.15, -0.1) is 0 Å². The Morgan fingerprint density at radius 2 is 2.11 bits per heavy atom. The van der Waals surface area contributed by atoms with Crippen LogP contribution < -0.4 is 5.73 Å². The number of aromatic nitrogens is 2. The molecule has 1 aromatic heterocycles. The minimum absolute atomic E-state index is 0.0294. The Bertz CT molecular complexity index is 498. The summed E-state index contributed by atoms with van der Waals surface area (Å²) in [6.45, 7) is 0.943. The van der Waals surface area contributed by atoms with Crippen molar-refractivity contribution in [1.82, 2.24) is 13.9 Å². The van der Waals surface area contributed by atoms with E-state index in [1.807, 2.05) is 0 Å². The van der Waals surface area contributed by atoms with Crippen molar-refractivity contribution in [2.75, 3.05) is 25.4 Å². The van der Waals surface area contributed by atoms with Gasteiger partial charge in [-0.05, 0) is 18.8 Å². The Morgan fingerprint density at radius 1 is 1.50 bits per heavy atom. The quantitative estimate of drug-likeness (QED) is 0.766. The SMILES string of the molecule is Cn1cnc(N)c1S(=O)(=O)N1CCC(CO)CC1. The third-order valence-electron chi connectivity index (χ3n) is 3.33. The van der Waals surface area contributed by atoms with E-state index in [9.17, 15) is 8.42 Å².